The van der Waals surface area contributed by atoms with Crippen molar-refractivity contribution in [3.05, 3.63) is 35.4 Å². The molecule has 0 unspecified atom stereocenters. The number of nitrogens with two attached hydrogens (primary N) is 1. The SMILES string of the molecule is CC(C)(NC(=O)c1ccccc1C#CCN)C1CC1. The van der Waals surface area contributed by atoms with Gasteiger partial charge in [-0.1, -0.05) is 24.0 Å². The third kappa shape index (κ3) is 3.36. The van der Waals surface area contributed by atoms with Crippen LogP contribution >= 0.6 is 0 Å². The van der Waals surface area contributed by atoms with Crippen molar-refractivity contribution in [2.75, 3.05) is 6.54 Å². The van der Waals surface area contributed by atoms with Gasteiger partial charge in [0.25, 0.3) is 5.91 Å². The van der Waals surface area contributed by atoms with Crippen molar-refractivity contribution in [1.29, 1.82) is 0 Å². The van der Waals surface area contributed by atoms with Gasteiger partial charge in [0, 0.05) is 11.1 Å². The molecular formula is C16H20N2O. The van der Waals surface area contributed by atoms with Gasteiger partial charge in [0.15, 0.2) is 0 Å². The minimum atomic E-state index is -0.147. The predicted molar refractivity (Wildman–Crippen MR) is 76.6 cm³/mol. The average Bonchev–Trinajstić information content (AvgIpc) is 3.20. The molecule has 1 aromatic carbocycles. The number of amides is 1. The Morgan fingerprint density at radius 3 is 2.74 bits per heavy atom. The molecule has 100 valence electrons. The summed E-state index contributed by atoms with van der Waals surface area (Å²) in [5.41, 5.74) is 6.59. The molecule has 0 atom stereocenters. The summed E-state index contributed by atoms with van der Waals surface area (Å²) in [7, 11) is 0. The third-order valence-corrected chi connectivity index (χ3v) is 3.53. The summed E-state index contributed by atoms with van der Waals surface area (Å²) in [6.45, 7) is 4.46. The molecule has 0 heterocycles. The Labute approximate surface area is 114 Å². The van der Waals surface area contributed by atoms with E-state index in [1.165, 1.54) is 12.8 Å². The fraction of sp³-hybridized carbons (Fsp3) is 0.438. The molecule has 1 aromatic rings. The second-order valence-electron chi connectivity index (χ2n) is 5.50. The summed E-state index contributed by atoms with van der Waals surface area (Å²) in [5, 5.41) is 3.11. The smallest absolute Gasteiger partial charge is 0.252 e. The van der Waals surface area contributed by atoms with E-state index in [2.05, 4.69) is 31.0 Å². The fourth-order valence-corrected chi connectivity index (χ4v) is 2.20. The van der Waals surface area contributed by atoms with Gasteiger partial charge >= 0.3 is 0 Å². The van der Waals surface area contributed by atoms with E-state index in [-0.39, 0.29) is 11.4 Å². The van der Waals surface area contributed by atoms with Crippen LogP contribution in [0.4, 0.5) is 0 Å². The highest BCUT2D eigenvalue weighted by molar-refractivity contribution is 5.97. The molecule has 1 saturated carbocycles. The van der Waals surface area contributed by atoms with Crippen LogP contribution in [0.2, 0.25) is 0 Å². The summed E-state index contributed by atoms with van der Waals surface area (Å²) in [5.74, 6) is 6.28. The lowest BCUT2D eigenvalue weighted by Gasteiger charge is -2.26. The first-order valence-corrected chi connectivity index (χ1v) is 6.65. The maximum Gasteiger partial charge on any atom is 0.252 e. The Morgan fingerprint density at radius 1 is 1.42 bits per heavy atom. The lowest BCUT2D eigenvalue weighted by Crippen LogP contribution is -2.45. The Morgan fingerprint density at radius 2 is 2.11 bits per heavy atom. The molecule has 0 bridgehead atoms. The minimum absolute atomic E-state index is 0.0566. The third-order valence-electron chi connectivity index (χ3n) is 3.53. The van der Waals surface area contributed by atoms with Crippen molar-refractivity contribution in [2.45, 2.75) is 32.2 Å². The number of carbonyl (C=O) groups is 1. The summed E-state index contributed by atoms with van der Waals surface area (Å²) < 4.78 is 0. The number of hydrogen-bond acceptors (Lipinski definition) is 2. The van der Waals surface area contributed by atoms with Gasteiger partial charge in [-0.05, 0) is 44.7 Å². The van der Waals surface area contributed by atoms with Gasteiger partial charge in [0.2, 0.25) is 0 Å². The van der Waals surface area contributed by atoms with Crippen LogP contribution < -0.4 is 11.1 Å². The van der Waals surface area contributed by atoms with E-state index in [4.69, 9.17) is 5.73 Å². The highest BCUT2D eigenvalue weighted by atomic mass is 16.1. The van der Waals surface area contributed by atoms with Crippen molar-refractivity contribution in [1.82, 2.24) is 5.32 Å². The van der Waals surface area contributed by atoms with E-state index in [1.807, 2.05) is 18.2 Å². The van der Waals surface area contributed by atoms with Crippen LogP contribution in [0, 0.1) is 17.8 Å². The lowest BCUT2D eigenvalue weighted by molar-refractivity contribution is 0.0903. The molecule has 3 N–H and O–H groups in total. The first kappa shape index (κ1) is 13.6. The Balaban J connectivity index is 2.19. The number of rotatable bonds is 3. The molecule has 0 saturated heterocycles. The monoisotopic (exact) mass is 256 g/mol. The van der Waals surface area contributed by atoms with Crippen molar-refractivity contribution in [3.63, 3.8) is 0 Å². The molecule has 0 radical (unpaired) electrons. The van der Waals surface area contributed by atoms with E-state index in [9.17, 15) is 4.79 Å². The van der Waals surface area contributed by atoms with E-state index in [0.29, 0.717) is 18.0 Å². The first-order valence-electron chi connectivity index (χ1n) is 6.65. The molecule has 1 aliphatic rings. The normalized spacial score (nSPS) is 14.5. The van der Waals surface area contributed by atoms with Crippen molar-refractivity contribution in [3.8, 4) is 11.8 Å². The van der Waals surface area contributed by atoms with Gasteiger partial charge in [-0.25, -0.2) is 0 Å². The van der Waals surface area contributed by atoms with Crippen LogP contribution in [0.5, 0.6) is 0 Å². The van der Waals surface area contributed by atoms with Crippen LogP contribution in [-0.4, -0.2) is 18.0 Å². The van der Waals surface area contributed by atoms with Gasteiger partial charge in [-0.15, -0.1) is 0 Å². The minimum Gasteiger partial charge on any atom is -0.347 e. The quantitative estimate of drug-likeness (QED) is 0.812. The van der Waals surface area contributed by atoms with Crippen molar-refractivity contribution >= 4 is 5.91 Å². The van der Waals surface area contributed by atoms with Crippen LogP contribution in [-0.2, 0) is 0 Å². The van der Waals surface area contributed by atoms with Gasteiger partial charge in [0.1, 0.15) is 0 Å². The Bertz CT molecular complexity index is 533. The van der Waals surface area contributed by atoms with Crippen LogP contribution in [0.15, 0.2) is 24.3 Å². The lowest BCUT2D eigenvalue weighted by atomic mass is 9.97. The van der Waals surface area contributed by atoms with E-state index in [0.717, 1.165) is 5.56 Å². The van der Waals surface area contributed by atoms with Crippen molar-refractivity contribution < 1.29 is 4.79 Å². The zero-order valence-electron chi connectivity index (χ0n) is 11.5. The summed E-state index contributed by atoms with van der Waals surface area (Å²) in [6.07, 6.45) is 2.39. The fourth-order valence-electron chi connectivity index (χ4n) is 2.20. The zero-order chi connectivity index (χ0) is 13.9. The number of carbonyl (C=O) groups excluding carboxylic acids is 1. The molecule has 0 spiro atoms. The summed E-state index contributed by atoms with van der Waals surface area (Å²) >= 11 is 0. The van der Waals surface area contributed by atoms with Crippen LogP contribution in [0.3, 0.4) is 0 Å². The Hall–Kier alpha value is -1.79. The maximum atomic E-state index is 12.4. The predicted octanol–water partition coefficient (Wildman–Crippen LogP) is 1.92. The second kappa shape index (κ2) is 5.46. The van der Waals surface area contributed by atoms with E-state index in [1.54, 1.807) is 6.07 Å². The van der Waals surface area contributed by atoms with Crippen molar-refractivity contribution in [2.24, 2.45) is 11.7 Å². The average molecular weight is 256 g/mol. The van der Waals surface area contributed by atoms with Gasteiger partial charge in [0.05, 0.1) is 12.1 Å². The molecule has 3 nitrogen and oxygen atoms in total. The van der Waals surface area contributed by atoms with Crippen LogP contribution in [0.1, 0.15) is 42.6 Å². The number of hydrogen-bond donors (Lipinski definition) is 2. The number of benzene rings is 1. The highest BCUT2D eigenvalue weighted by Gasteiger charge is 2.38. The summed E-state index contributed by atoms with van der Waals surface area (Å²) in [6, 6.07) is 7.39. The van der Waals surface area contributed by atoms with Gasteiger partial charge in [-0.2, -0.15) is 0 Å². The van der Waals surface area contributed by atoms with Gasteiger partial charge < -0.3 is 11.1 Å². The Kier molecular flexibility index (Phi) is 3.92. The molecule has 0 aliphatic heterocycles. The highest BCUT2D eigenvalue weighted by Crippen LogP contribution is 2.39. The van der Waals surface area contributed by atoms with Crippen LogP contribution in [0.25, 0.3) is 0 Å². The largest absolute Gasteiger partial charge is 0.347 e. The summed E-state index contributed by atoms with van der Waals surface area (Å²) in [4.78, 5) is 12.4. The molecule has 1 amide bonds. The molecule has 0 aromatic heterocycles. The van der Waals surface area contributed by atoms with E-state index >= 15 is 0 Å². The molecule has 2 rings (SSSR count). The topological polar surface area (TPSA) is 55.1 Å². The molecule has 19 heavy (non-hydrogen) atoms. The molecule has 3 heteroatoms. The first-order chi connectivity index (χ1) is 9.04. The zero-order valence-corrected chi connectivity index (χ0v) is 11.5. The second-order valence-corrected chi connectivity index (χ2v) is 5.50. The molecular weight excluding hydrogens is 236 g/mol. The molecule has 1 aliphatic carbocycles. The van der Waals surface area contributed by atoms with Gasteiger partial charge in [-0.3, -0.25) is 4.79 Å². The maximum absolute atomic E-state index is 12.4. The van der Waals surface area contributed by atoms with E-state index < -0.39 is 0 Å². The number of nitrogens with one attached hydrogen (secondary N) is 1. The standard InChI is InChI=1S/C16H20N2O/c1-16(2,13-9-10-13)18-15(19)14-8-4-3-6-12(14)7-5-11-17/h3-4,6,8,13H,9-11,17H2,1-2H3,(H,18,19). The molecule has 1 fully saturated rings.